The lowest BCUT2D eigenvalue weighted by atomic mass is 9.96. The maximum atomic E-state index is 14.0. The van der Waals surface area contributed by atoms with Crippen molar-refractivity contribution in [1.29, 1.82) is 0 Å². The van der Waals surface area contributed by atoms with Crippen LogP contribution in [0.25, 0.3) is 21.5 Å². The molecule has 4 saturated heterocycles. The van der Waals surface area contributed by atoms with Gasteiger partial charge in [-0.25, -0.2) is 0 Å². The fourth-order valence-corrected chi connectivity index (χ4v) is 13.7. The molecule has 0 bridgehead atoms. The molecule has 8 heterocycles. The van der Waals surface area contributed by atoms with E-state index in [-0.39, 0.29) is 29.4 Å². The minimum absolute atomic E-state index is 0.0216. The normalized spacial score (nSPS) is 22.1. The Morgan fingerprint density at radius 3 is 1.77 bits per heavy atom. The van der Waals surface area contributed by atoms with Crippen LogP contribution in [-0.2, 0) is 35.5 Å². The minimum Gasteiger partial charge on any atom is -0.462 e. The van der Waals surface area contributed by atoms with Crippen molar-refractivity contribution in [2.45, 2.75) is 89.4 Å². The fraction of sp³-hybridized carbons (Fsp3) is 0.452. The highest BCUT2D eigenvalue weighted by atomic mass is 35.5. The Morgan fingerprint density at radius 2 is 1.15 bits per heavy atom. The topological polar surface area (TPSA) is 124 Å². The highest BCUT2D eigenvalue weighted by Gasteiger charge is 2.35. The first-order chi connectivity index (χ1) is 38.1. The van der Waals surface area contributed by atoms with Gasteiger partial charge in [0.25, 0.3) is 0 Å². The second kappa shape index (κ2) is 23.2. The third-order valence-corrected chi connectivity index (χ3v) is 18.1. The molecule has 6 aromatic rings. The number of likely N-dealkylation sites (N-methyl/N-ethyl adjacent to an activating group) is 1. The Balaban J connectivity index is 0.719. The van der Waals surface area contributed by atoms with Gasteiger partial charge in [-0.05, 0) is 132 Å². The van der Waals surface area contributed by atoms with Gasteiger partial charge in [0.1, 0.15) is 24.8 Å². The molecule has 0 amide bonds. The van der Waals surface area contributed by atoms with Crippen LogP contribution in [0.4, 0.5) is 23.0 Å². The SMILES string of the molecule is C=CC(=O)C1CCCN(c2nc(OC[C@@H]3CCCN3C/C=C\C(=O)C3CCN(c4nc(OC[C@@H]5CCCN5C)nc5c4CCN(c4cccc6cccc(Cl)c46)C5)C3)nc3c2CCN(c2cccc4cccc(Cl)c24)C3)CC1. The summed E-state index contributed by atoms with van der Waals surface area (Å²) < 4.78 is 13.1. The highest BCUT2D eigenvalue weighted by Crippen LogP contribution is 2.40. The number of carbonyl (C=O) groups is 2. The van der Waals surface area contributed by atoms with E-state index >= 15 is 0 Å². The molecule has 6 aliphatic heterocycles. The monoisotopic (exact) mass is 1090 g/mol. The van der Waals surface area contributed by atoms with E-state index in [1.807, 2.05) is 36.4 Å². The third-order valence-electron chi connectivity index (χ3n) is 17.5. The molecule has 4 atom stereocenters. The molecule has 78 heavy (non-hydrogen) atoms. The number of aromatic nitrogens is 4. The summed E-state index contributed by atoms with van der Waals surface area (Å²) in [5.41, 5.74) is 6.39. The number of nitrogens with zero attached hydrogens (tertiary/aromatic N) is 10. The molecule has 0 spiro atoms. The van der Waals surface area contributed by atoms with Gasteiger partial charge in [0.05, 0.1) is 34.5 Å². The first kappa shape index (κ1) is 52.4. The quantitative estimate of drug-likeness (QED) is 0.0854. The van der Waals surface area contributed by atoms with Gasteiger partial charge >= 0.3 is 12.0 Å². The number of carbonyl (C=O) groups excluding carboxylic acids is 2. The van der Waals surface area contributed by atoms with Crippen molar-refractivity contribution in [3.63, 3.8) is 0 Å². The number of ketones is 2. The van der Waals surface area contributed by atoms with Crippen molar-refractivity contribution in [2.24, 2.45) is 11.8 Å². The van der Waals surface area contributed by atoms with Gasteiger partial charge in [0, 0.05) is 103 Å². The summed E-state index contributed by atoms with van der Waals surface area (Å²) >= 11 is 13.7. The first-order valence-corrected chi connectivity index (χ1v) is 29.1. The van der Waals surface area contributed by atoms with Crippen molar-refractivity contribution < 1.29 is 19.1 Å². The molecule has 16 heteroatoms. The van der Waals surface area contributed by atoms with Crippen molar-refractivity contribution >= 4 is 79.3 Å². The molecule has 0 aliphatic carbocycles. The first-order valence-electron chi connectivity index (χ1n) is 28.4. The molecular formula is C62H70Cl2N10O4. The summed E-state index contributed by atoms with van der Waals surface area (Å²) in [5, 5.41) is 5.79. The van der Waals surface area contributed by atoms with Crippen LogP contribution >= 0.6 is 23.2 Å². The maximum Gasteiger partial charge on any atom is 0.318 e. The van der Waals surface area contributed by atoms with Gasteiger partial charge in [0.2, 0.25) is 0 Å². The predicted octanol–water partition coefficient (Wildman–Crippen LogP) is 10.3. The molecule has 0 N–H and O–H groups in total. The largest absolute Gasteiger partial charge is 0.462 e. The van der Waals surface area contributed by atoms with Gasteiger partial charge in [0.15, 0.2) is 11.6 Å². The third kappa shape index (κ3) is 10.9. The van der Waals surface area contributed by atoms with Gasteiger partial charge in [-0.1, -0.05) is 84.4 Å². The number of ether oxygens (including phenoxy) is 2. The van der Waals surface area contributed by atoms with Crippen LogP contribution in [0.15, 0.2) is 97.6 Å². The summed E-state index contributed by atoms with van der Waals surface area (Å²) in [6.07, 6.45) is 14.4. The Labute approximate surface area is 468 Å². The van der Waals surface area contributed by atoms with E-state index < -0.39 is 0 Å². The van der Waals surface area contributed by atoms with Crippen LogP contribution in [0.2, 0.25) is 10.0 Å². The molecular weight excluding hydrogens is 1020 g/mol. The number of likely N-dealkylation sites (tertiary alicyclic amines) is 2. The summed E-state index contributed by atoms with van der Waals surface area (Å²) in [5.74, 6) is 1.93. The Bertz CT molecular complexity index is 3250. The second-order valence-corrected chi connectivity index (χ2v) is 23.0. The zero-order chi connectivity index (χ0) is 53.3. The summed E-state index contributed by atoms with van der Waals surface area (Å²) in [6, 6.07) is 26.1. The number of rotatable bonds is 16. The lowest BCUT2D eigenvalue weighted by Crippen LogP contribution is -2.36. The van der Waals surface area contributed by atoms with Crippen molar-refractivity contribution in [1.82, 2.24) is 29.7 Å². The Kier molecular flexibility index (Phi) is 15.6. The van der Waals surface area contributed by atoms with Crippen LogP contribution in [-0.4, -0.2) is 133 Å². The zero-order valence-corrected chi connectivity index (χ0v) is 46.3. The van der Waals surface area contributed by atoms with Crippen molar-refractivity contribution in [3.05, 3.63) is 130 Å². The van der Waals surface area contributed by atoms with E-state index in [0.29, 0.717) is 57.5 Å². The minimum atomic E-state index is -0.138. The molecule has 12 rings (SSSR count). The van der Waals surface area contributed by atoms with E-state index in [4.69, 9.17) is 52.6 Å². The number of benzene rings is 4. The smallest absolute Gasteiger partial charge is 0.318 e. The highest BCUT2D eigenvalue weighted by molar-refractivity contribution is 6.37. The lowest BCUT2D eigenvalue weighted by Gasteiger charge is -2.34. The van der Waals surface area contributed by atoms with Gasteiger partial charge in [-0.3, -0.25) is 14.5 Å². The molecule has 2 unspecified atom stereocenters. The van der Waals surface area contributed by atoms with Gasteiger partial charge < -0.3 is 34.0 Å². The summed E-state index contributed by atoms with van der Waals surface area (Å²) in [4.78, 5) is 61.5. The summed E-state index contributed by atoms with van der Waals surface area (Å²) in [6.45, 7) is 13.1. The van der Waals surface area contributed by atoms with Gasteiger partial charge in [-0.2, -0.15) is 19.9 Å². The van der Waals surface area contributed by atoms with E-state index in [1.54, 1.807) is 0 Å². The Morgan fingerprint density at radius 1 is 0.603 bits per heavy atom. The lowest BCUT2D eigenvalue weighted by molar-refractivity contribution is -0.118. The van der Waals surface area contributed by atoms with Crippen LogP contribution in [0.5, 0.6) is 12.0 Å². The van der Waals surface area contributed by atoms with Crippen molar-refractivity contribution in [3.8, 4) is 12.0 Å². The van der Waals surface area contributed by atoms with Crippen molar-refractivity contribution in [2.75, 3.05) is 98.8 Å². The van der Waals surface area contributed by atoms with E-state index in [9.17, 15) is 9.59 Å². The molecule has 14 nitrogen and oxygen atoms in total. The number of halogens is 2. The van der Waals surface area contributed by atoms with E-state index in [1.165, 1.54) is 6.08 Å². The second-order valence-electron chi connectivity index (χ2n) is 22.2. The number of fused-ring (bicyclic) bond motifs is 4. The molecule has 2 aromatic heterocycles. The molecule has 4 aromatic carbocycles. The number of hydrogen-bond acceptors (Lipinski definition) is 14. The summed E-state index contributed by atoms with van der Waals surface area (Å²) in [7, 11) is 2.16. The molecule has 6 aliphatic rings. The van der Waals surface area contributed by atoms with E-state index in [0.717, 1.165) is 187 Å². The molecule has 0 saturated carbocycles. The standard InChI is InChI=1S/C62H70Cl2N10O4/c1-3-55(75)41-16-8-31-71(32-24-41)59-47-26-34-72(53-21-6-14-42-12-4-19-49(63)57(42)53)37-51(47)65-61(67-59)78-40-46-18-10-29-70(46)30-11-23-56(76)44-25-33-74(36-44)60-48-27-35-73(54-22-7-15-43-13-5-20-50(64)58(43)54)38-52(48)66-62(68-60)77-39-45-17-9-28-69(45)2/h3-7,11-15,19-23,41,44-46H,1,8-10,16-18,24-40H2,2H3/b23-11-/t41?,44?,45-,46-/m0/s1. The predicted molar refractivity (Wildman–Crippen MR) is 312 cm³/mol. The van der Waals surface area contributed by atoms with E-state index in [2.05, 4.69) is 91.6 Å². The number of allylic oxidation sites excluding steroid dienone is 2. The molecule has 406 valence electrons. The zero-order valence-electron chi connectivity index (χ0n) is 44.8. The average molecular weight is 1090 g/mol. The maximum absolute atomic E-state index is 14.0. The fourth-order valence-electron chi connectivity index (χ4n) is 13.2. The van der Waals surface area contributed by atoms with Crippen LogP contribution in [0, 0.1) is 11.8 Å². The number of anilines is 4. The Hall–Kier alpha value is -6.32. The molecule has 4 fully saturated rings. The average Bonchev–Trinajstić information content (AvgIpc) is 4.30. The van der Waals surface area contributed by atoms with Crippen LogP contribution in [0.3, 0.4) is 0 Å². The van der Waals surface area contributed by atoms with Crippen LogP contribution < -0.4 is 29.1 Å². The van der Waals surface area contributed by atoms with Crippen LogP contribution in [0.1, 0.15) is 73.9 Å². The molecule has 0 radical (unpaired) electrons. The number of hydrogen-bond donors (Lipinski definition) is 0. The van der Waals surface area contributed by atoms with Gasteiger partial charge in [-0.15, -0.1) is 0 Å².